The summed E-state index contributed by atoms with van der Waals surface area (Å²) in [5.74, 6) is 2.33. The summed E-state index contributed by atoms with van der Waals surface area (Å²) in [5, 5.41) is 0. The van der Waals surface area contributed by atoms with Crippen LogP contribution >= 0.6 is 0 Å². The highest BCUT2D eigenvalue weighted by Gasteiger charge is 2.21. The molecule has 2 aromatic rings. The number of carbonyl (C=O) groups excluding carboxylic acids is 1. The fourth-order valence-electron chi connectivity index (χ4n) is 4.45. The summed E-state index contributed by atoms with van der Waals surface area (Å²) in [4.78, 5) is 19.6. The van der Waals surface area contributed by atoms with Gasteiger partial charge in [0.25, 0.3) is 0 Å². The Kier molecular flexibility index (Phi) is 7.40. The van der Waals surface area contributed by atoms with Gasteiger partial charge in [-0.3, -0.25) is 9.69 Å². The van der Waals surface area contributed by atoms with Gasteiger partial charge in [-0.2, -0.15) is 0 Å². The van der Waals surface area contributed by atoms with Crippen molar-refractivity contribution in [3.05, 3.63) is 53.7 Å². The van der Waals surface area contributed by atoms with Gasteiger partial charge in [-0.05, 0) is 66.6 Å². The summed E-state index contributed by atoms with van der Waals surface area (Å²) in [6.45, 7) is 5.78. The molecule has 7 nitrogen and oxygen atoms in total. The number of rotatable bonds is 8. The Morgan fingerprint density at radius 2 is 1.55 bits per heavy atom. The molecule has 2 aliphatic heterocycles. The molecule has 4 rings (SSSR count). The lowest BCUT2D eigenvalue weighted by molar-refractivity contribution is -0.127. The molecule has 0 aromatic heterocycles. The molecule has 1 amide bonds. The molecular formula is C26H33N3O4. The van der Waals surface area contributed by atoms with Gasteiger partial charge in [0.1, 0.15) is 5.75 Å². The van der Waals surface area contributed by atoms with E-state index < -0.39 is 0 Å². The normalized spacial score (nSPS) is 16.4. The third kappa shape index (κ3) is 5.42. The molecule has 0 radical (unpaired) electrons. The standard InChI is InChI=1S/C26H33N3O4/c1-31-23-7-5-22(6-8-23)28-15-13-27(14-16-28)10-4-11-29-12-9-20-17-24(32-2)25(33-3)18-21(20)19-26(29)30/h5-9,12,17-18H,4,10-11,13-16,19H2,1-3H3. The first kappa shape index (κ1) is 23.0. The van der Waals surface area contributed by atoms with Gasteiger partial charge in [0.2, 0.25) is 5.91 Å². The first-order valence-corrected chi connectivity index (χ1v) is 11.4. The third-order valence-electron chi connectivity index (χ3n) is 6.42. The van der Waals surface area contributed by atoms with Crippen LogP contribution in [0.2, 0.25) is 0 Å². The Morgan fingerprint density at radius 1 is 0.848 bits per heavy atom. The van der Waals surface area contributed by atoms with Crippen LogP contribution in [0.15, 0.2) is 42.6 Å². The molecule has 0 N–H and O–H groups in total. The maximum Gasteiger partial charge on any atom is 0.230 e. The summed E-state index contributed by atoms with van der Waals surface area (Å²) in [5.41, 5.74) is 3.20. The van der Waals surface area contributed by atoms with Crippen LogP contribution in [0.25, 0.3) is 6.08 Å². The van der Waals surface area contributed by atoms with Crippen LogP contribution in [-0.4, -0.2) is 76.3 Å². The van der Waals surface area contributed by atoms with Crippen molar-refractivity contribution in [1.29, 1.82) is 0 Å². The van der Waals surface area contributed by atoms with Crippen LogP contribution in [-0.2, 0) is 11.2 Å². The van der Waals surface area contributed by atoms with Gasteiger partial charge in [-0.15, -0.1) is 0 Å². The Hall–Kier alpha value is -3.19. The molecule has 0 atom stereocenters. The molecule has 176 valence electrons. The number of carbonyl (C=O) groups is 1. The third-order valence-corrected chi connectivity index (χ3v) is 6.42. The molecule has 2 heterocycles. The van der Waals surface area contributed by atoms with Gasteiger partial charge >= 0.3 is 0 Å². The number of benzene rings is 2. The van der Waals surface area contributed by atoms with E-state index in [-0.39, 0.29) is 5.91 Å². The molecule has 0 bridgehead atoms. The molecule has 0 saturated carbocycles. The summed E-state index contributed by atoms with van der Waals surface area (Å²) in [7, 11) is 4.93. The highest BCUT2D eigenvalue weighted by Crippen LogP contribution is 2.32. The lowest BCUT2D eigenvalue weighted by atomic mass is 10.0. The smallest absolute Gasteiger partial charge is 0.230 e. The minimum Gasteiger partial charge on any atom is -0.497 e. The van der Waals surface area contributed by atoms with Crippen LogP contribution < -0.4 is 19.1 Å². The van der Waals surface area contributed by atoms with Gasteiger partial charge in [0.05, 0.1) is 27.8 Å². The topological polar surface area (TPSA) is 54.5 Å². The molecule has 1 fully saturated rings. The second-order valence-electron chi connectivity index (χ2n) is 8.37. The molecule has 1 saturated heterocycles. The Balaban J connectivity index is 1.26. The van der Waals surface area contributed by atoms with Crippen LogP contribution in [0, 0.1) is 0 Å². The molecule has 0 aliphatic carbocycles. The van der Waals surface area contributed by atoms with E-state index in [0.29, 0.717) is 17.9 Å². The summed E-state index contributed by atoms with van der Waals surface area (Å²) >= 11 is 0. The zero-order valence-corrected chi connectivity index (χ0v) is 19.8. The number of ether oxygens (including phenoxy) is 3. The highest BCUT2D eigenvalue weighted by molar-refractivity contribution is 5.84. The van der Waals surface area contributed by atoms with E-state index in [1.165, 1.54) is 5.69 Å². The van der Waals surface area contributed by atoms with Crippen molar-refractivity contribution in [2.24, 2.45) is 0 Å². The van der Waals surface area contributed by atoms with E-state index in [1.807, 2.05) is 41.4 Å². The van der Waals surface area contributed by atoms with Gasteiger partial charge in [-0.25, -0.2) is 0 Å². The van der Waals surface area contributed by atoms with Crippen molar-refractivity contribution in [3.63, 3.8) is 0 Å². The number of nitrogens with zero attached hydrogens (tertiary/aromatic N) is 3. The van der Waals surface area contributed by atoms with Crippen molar-refractivity contribution in [3.8, 4) is 17.2 Å². The lowest BCUT2D eigenvalue weighted by Crippen LogP contribution is -2.47. The number of amides is 1. The van der Waals surface area contributed by atoms with Crippen LogP contribution in [0.4, 0.5) is 5.69 Å². The van der Waals surface area contributed by atoms with Gasteiger partial charge in [0.15, 0.2) is 11.5 Å². The lowest BCUT2D eigenvalue weighted by Gasteiger charge is -2.36. The van der Waals surface area contributed by atoms with E-state index in [0.717, 1.165) is 62.6 Å². The number of hydrogen-bond acceptors (Lipinski definition) is 6. The zero-order valence-electron chi connectivity index (χ0n) is 19.8. The monoisotopic (exact) mass is 451 g/mol. The Bertz CT molecular complexity index is 982. The molecule has 2 aliphatic rings. The predicted molar refractivity (Wildman–Crippen MR) is 130 cm³/mol. The first-order chi connectivity index (χ1) is 16.1. The van der Waals surface area contributed by atoms with Crippen molar-refractivity contribution in [2.45, 2.75) is 12.8 Å². The average molecular weight is 452 g/mol. The average Bonchev–Trinajstić information content (AvgIpc) is 3.01. The van der Waals surface area contributed by atoms with Gasteiger partial charge in [-0.1, -0.05) is 0 Å². The SMILES string of the molecule is COc1ccc(N2CCN(CCCN3C=Cc4cc(OC)c(OC)cc4CC3=O)CC2)cc1. The fraction of sp³-hybridized carbons (Fsp3) is 0.423. The molecule has 0 unspecified atom stereocenters. The molecular weight excluding hydrogens is 418 g/mol. The maximum absolute atomic E-state index is 12.8. The number of methoxy groups -OCH3 is 3. The second kappa shape index (κ2) is 10.6. The maximum atomic E-state index is 12.8. The second-order valence-corrected chi connectivity index (χ2v) is 8.37. The number of piperazine rings is 1. The minimum atomic E-state index is 0.113. The van der Waals surface area contributed by atoms with Crippen molar-refractivity contribution in [2.75, 3.05) is 65.5 Å². The van der Waals surface area contributed by atoms with Gasteiger partial charge < -0.3 is 24.0 Å². The first-order valence-electron chi connectivity index (χ1n) is 11.4. The van der Waals surface area contributed by atoms with Crippen LogP contribution in [0.1, 0.15) is 17.5 Å². The van der Waals surface area contributed by atoms with E-state index in [9.17, 15) is 4.79 Å². The summed E-state index contributed by atoms with van der Waals surface area (Å²) in [6.07, 6.45) is 5.21. The molecule has 0 spiro atoms. The minimum absolute atomic E-state index is 0.113. The van der Waals surface area contributed by atoms with Gasteiger partial charge in [0, 0.05) is 44.6 Å². The quantitative estimate of drug-likeness (QED) is 0.614. The number of hydrogen-bond donors (Lipinski definition) is 0. The Labute approximate surface area is 196 Å². The van der Waals surface area contributed by atoms with E-state index >= 15 is 0 Å². The van der Waals surface area contributed by atoms with Crippen molar-refractivity contribution in [1.82, 2.24) is 9.80 Å². The largest absolute Gasteiger partial charge is 0.497 e. The van der Waals surface area contributed by atoms with E-state index in [1.54, 1.807) is 21.3 Å². The molecule has 33 heavy (non-hydrogen) atoms. The summed E-state index contributed by atoms with van der Waals surface area (Å²) in [6, 6.07) is 12.1. The van der Waals surface area contributed by atoms with Crippen molar-refractivity contribution >= 4 is 17.7 Å². The molecule has 2 aromatic carbocycles. The van der Waals surface area contributed by atoms with Crippen LogP contribution in [0.5, 0.6) is 17.2 Å². The zero-order chi connectivity index (χ0) is 23.2. The van der Waals surface area contributed by atoms with E-state index in [4.69, 9.17) is 14.2 Å². The Morgan fingerprint density at radius 3 is 2.21 bits per heavy atom. The predicted octanol–water partition coefficient (Wildman–Crippen LogP) is 3.28. The number of anilines is 1. The highest BCUT2D eigenvalue weighted by atomic mass is 16.5. The fourth-order valence-corrected chi connectivity index (χ4v) is 4.45. The van der Waals surface area contributed by atoms with E-state index in [2.05, 4.69) is 21.9 Å². The van der Waals surface area contributed by atoms with Crippen LogP contribution in [0.3, 0.4) is 0 Å². The number of fused-ring (bicyclic) bond motifs is 1. The summed E-state index contributed by atoms with van der Waals surface area (Å²) < 4.78 is 16.0. The van der Waals surface area contributed by atoms with Crippen molar-refractivity contribution < 1.29 is 19.0 Å². The molecule has 7 heteroatoms.